The van der Waals surface area contributed by atoms with Crippen LogP contribution in [0.15, 0.2) is 54.6 Å². The van der Waals surface area contributed by atoms with E-state index in [1.165, 1.54) is 7.11 Å². The summed E-state index contributed by atoms with van der Waals surface area (Å²) in [6.07, 6.45) is -3.19. The monoisotopic (exact) mass is 780 g/mol. The molecule has 4 aromatic rings. The van der Waals surface area contributed by atoms with Crippen LogP contribution in [0.4, 0.5) is 13.2 Å². The van der Waals surface area contributed by atoms with Crippen LogP contribution in [0.2, 0.25) is 5.02 Å². The molecule has 55 heavy (non-hydrogen) atoms. The molecule has 2 aromatic heterocycles. The number of halogens is 4. The van der Waals surface area contributed by atoms with Crippen molar-refractivity contribution in [3.63, 3.8) is 0 Å². The number of likely N-dealkylation sites (tertiary alicyclic amines) is 1. The molecule has 2 saturated heterocycles. The second-order valence-corrected chi connectivity index (χ2v) is 15.7. The van der Waals surface area contributed by atoms with Crippen molar-refractivity contribution >= 4 is 11.6 Å². The van der Waals surface area contributed by atoms with Crippen molar-refractivity contribution in [1.29, 1.82) is 0 Å². The average molecular weight is 781 g/mol. The maximum absolute atomic E-state index is 14.6. The van der Waals surface area contributed by atoms with Gasteiger partial charge in [0.25, 0.3) is 0 Å². The van der Waals surface area contributed by atoms with E-state index in [1.807, 2.05) is 60.4 Å². The number of nitrogens with one attached hydrogen (secondary N) is 1. The predicted molar refractivity (Wildman–Crippen MR) is 199 cm³/mol. The lowest BCUT2D eigenvalue weighted by Crippen LogP contribution is -2.51. The summed E-state index contributed by atoms with van der Waals surface area (Å²) in [6.45, 7) is 3.85. The van der Waals surface area contributed by atoms with Crippen LogP contribution >= 0.6 is 11.6 Å². The fraction of sp³-hybridized carbons (Fsp3) is 0.463. The van der Waals surface area contributed by atoms with Gasteiger partial charge in [-0.15, -0.1) is 0 Å². The van der Waals surface area contributed by atoms with Gasteiger partial charge in [0.1, 0.15) is 17.8 Å². The number of methoxy groups -OCH3 is 2. The average Bonchev–Trinajstić information content (AvgIpc) is 3.48. The minimum atomic E-state index is -4.72. The number of aliphatic hydroxyl groups excluding tert-OH is 1. The third-order valence-electron chi connectivity index (χ3n) is 11.3. The van der Waals surface area contributed by atoms with Crippen molar-refractivity contribution in [1.82, 2.24) is 20.2 Å². The van der Waals surface area contributed by atoms with E-state index in [9.17, 15) is 23.4 Å². The van der Waals surface area contributed by atoms with Crippen LogP contribution in [0.25, 0.3) is 22.4 Å². The van der Waals surface area contributed by atoms with Crippen LogP contribution in [0, 0.1) is 5.92 Å². The summed E-state index contributed by atoms with van der Waals surface area (Å²) in [7, 11) is 2.96. The summed E-state index contributed by atoms with van der Waals surface area (Å²) in [5.74, 6) is 0.153. The molecule has 8 rings (SSSR count). The highest BCUT2D eigenvalue weighted by atomic mass is 35.5. The number of rotatable bonds is 12. The van der Waals surface area contributed by atoms with Crippen molar-refractivity contribution in [3.8, 4) is 40.0 Å². The molecule has 4 aliphatic rings. The molecule has 4 heterocycles. The number of hydrogen-bond acceptors (Lipinski definition) is 10. The first-order valence-electron chi connectivity index (χ1n) is 18.6. The molecule has 3 fully saturated rings. The molecule has 0 spiro atoms. The Morgan fingerprint density at radius 3 is 2.38 bits per heavy atom. The first kappa shape index (κ1) is 37.9. The van der Waals surface area contributed by atoms with Crippen molar-refractivity contribution in [2.45, 2.75) is 88.4 Å². The van der Waals surface area contributed by atoms with Crippen molar-refractivity contribution in [3.05, 3.63) is 87.4 Å². The number of fused-ring (bicyclic) bond motifs is 1. The second-order valence-electron chi connectivity index (χ2n) is 15.3. The maximum atomic E-state index is 14.6. The van der Waals surface area contributed by atoms with E-state index < -0.39 is 35.6 Å². The molecule has 2 aliphatic carbocycles. The molecular formula is C41H44ClF3N4O6. The van der Waals surface area contributed by atoms with Gasteiger partial charge < -0.3 is 34.5 Å². The van der Waals surface area contributed by atoms with E-state index in [0.717, 1.165) is 40.3 Å². The standard InChI is InChI=1S/C41H44ClF3N4O6/c1-40(51)17-25(18-40)46-19-22-10-12-32(47-36(22)52-2)30-9-5-8-29(34(30)42)26-6-4-7-28-27(26)11-13-33(28)54-38-31(41(43,44)45)16-24(37(48-38)53-3)21-49-15-14-23(20-49)35-39(50)55-35/h4-10,12,16,23,25,33,35,39,46,50-51H,11,13-15,17-21H2,1-3H3/t23-,25-,33+,35?,39?,40-/m1/s1. The van der Waals surface area contributed by atoms with Gasteiger partial charge in [0.2, 0.25) is 17.6 Å². The van der Waals surface area contributed by atoms with E-state index >= 15 is 0 Å². The molecule has 2 unspecified atom stereocenters. The fourth-order valence-corrected chi connectivity index (χ4v) is 8.80. The molecule has 2 aromatic carbocycles. The molecule has 0 radical (unpaired) electrons. The molecule has 0 bridgehead atoms. The summed E-state index contributed by atoms with van der Waals surface area (Å²) in [4.78, 5) is 11.1. The van der Waals surface area contributed by atoms with Crippen molar-refractivity contribution in [2.24, 2.45) is 5.92 Å². The van der Waals surface area contributed by atoms with Gasteiger partial charge in [-0.2, -0.15) is 18.2 Å². The molecule has 292 valence electrons. The lowest BCUT2D eigenvalue weighted by Gasteiger charge is -2.41. The Kier molecular flexibility index (Phi) is 10.2. The first-order valence-corrected chi connectivity index (χ1v) is 19.0. The van der Waals surface area contributed by atoms with Crippen LogP contribution in [0.5, 0.6) is 17.6 Å². The van der Waals surface area contributed by atoms with Crippen LogP contribution in [-0.2, 0) is 30.4 Å². The molecular weight excluding hydrogens is 737 g/mol. The molecule has 10 nitrogen and oxygen atoms in total. The van der Waals surface area contributed by atoms with Crippen LogP contribution in [0.3, 0.4) is 0 Å². The second kappa shape index (κ2) is 14.8. The van der Waals surface area contributed by atoms with Crippen LogP contribution in [0.1, 0.15) is 66.5 Å². The first-order chi connectivity index (χ1) is 26.3. The third-order valence-corrected chi connectivity index (χ3v) is 11.7. The van der Waals surface area contributed by atoms with Gasteiger partial charge in [-0.3, -0.25) is 4.90 Å². The minimum absolute atomic E-state index is 0.0758. The summed E-state index contributed by atoms with van der Waals surface area (Å²) in [6, 6.07) is 16.6. The number of pyridine rings is 2. The minimum Gasteiger partial charge on any atom is -0.481 e. The number of alkyl halides is 3. The van der Waals surface area contributed by atoms with Gasteiger partial charge in [-0.05, 0) is 74.4 Å². The Bertz CT molecular complexity index is 2070. The topological polar surface area (TPSA) is 122 Å². The van der Waals surface area contributed by atoms with Gasteiger partial charge in [-0.25, -0.2) is 4.98 Å². The van der Waals surface area contributed by atoms with Gasteiger partial charge >= 0.3 is 6.18 Å². The largest absolute Gasteiger partial charge is 0.481 e. The van der Waals surface area contributed by atoms with Gasteiger partial charge in [-0.1, -0.05) is 54.1 Å². The number of benzene rings is 2. The number of epoxide rings is 1. The van der Waals surface area contributed by atoms with Gasteiger partial charge in [0.05, 0.1) is 30.5 Å². The number of aromatic nitrogens is 2. The number of nitrogens with zero attached hydrogens (tertiary/aromatic N) is 3. The lowest BCUT2D eigenvalue weighted by molar-refractivity contribution is -0.139. The Labute approximate surface area is 322 Å². The highest BCUT2D eigenvalue weighted by Gasteiger charge is 2.46. The quantitative estimate of drug-likeness (QED) is 0.128. The maximum Gasteiger partial charge on any atom is 0.421 e. The third kappa shape index (κ3) is 7.75. The molecule has 0 amide bonds. The molecule has 14 heteroatoms. The molecule has 3 N–H and O–H groups in total. The smallest absolute Gasteiger partial charge is 0.421 e. The number of aliphatic hydroxyl groups is 2. The zero-order valence-electron chi connectivity index (χ0n) is 30.8. The Morgan fingerprint density at radius 2 is 1.67 bits per heavy atom. The van der Waals surface area contributed by atoms with E-state index in [2.05, 4.69) is 10.3 Å². The summed E-state index contributed by atoms with van der Waals surface area (Å²) < 4.78 is 66.3. The molecule has 2 aliphatic heterocycles. The lowest BCUT2D eigenvalue weighted by atomic mass is 9.77. The van der Waals surface area contributed by atoms with Gasteiger partial charge in [0.15, 0.2) is 6.29 Å². The highest BCUT2D eigenvalue weighted by molar-refractivity contribution is 6.36. The van der Waals surface area contributed by atoms with Crippen LogP contribution < -0.4 is 19.5 Å². The van der Waals surface area contributed by atoms with Crippen molar-refractivity contribution in [2.75, 3.05) is 27.3 Å². The van der Waals surface area contributed by atoms with E-state index in [1.54, 1.807) is 7.11 Å². The Morgan fingerprint density at radius 1 is 0.964 bits per heavy atom. The zero-order chi connectivity index (χ0) is 38.6. The van der Waals surface area contributed by atoms with Gasteiger partial charge in [0, 0.05) is 53.8 Å². The summed E-state index contributed by atoms with van der Waals surface area (Å²) in [5.41, 5.74) is 4.32. The summed E-state index contributed by atoms with van der Waals surface area (Å²) >= 11 is 7.13. The predicted octanol–water partition coefficient (Wildman–Crippen LogP) is 7.11. The van der Waals surface area contributed by atoms with E-state index in [0.29, 0.717) is 73.0 Å². The Hall–Kier alpha value is -3.98. The normalized spacial score (nSPS) is 26.1. The van der Waals surface area contributed by atoms with E-state index in [4.69, 9.17) is 35.5 Å². The number of hydrogen-bond donors (Lipinski definition) is 3. The number of ether oxygens (including phenoxy) is 4. The highest BCUT2D eigenvalue weighted by Crippen LogP contribution is 2.46. The zero-order valence-corrected chi connectivity index (χ0v) is 31.6. The van der Waals surface area contributed by atoms with Crippen LogP contribution in [-0.4, -0.2) is 76.4 Å². The molecule has 4 atom stereocenters. The van der Waals surface area contributed by atoms with E-state index in [-0.39, 0.29) is 30.5 Å². The molecule has 1 saturated carbocycles. The summed E-state index contributed by atoms with van der Waals surface area (Å²) in [5, 5.41) is 23.7. The SMILES string of the molecule is COc1nc(-c2cccc(-c3cccc4c3CC[C@@H]4Oc3nc(OC)c(CN4CC[C@@H](C5OC5O)C4)cc3C(F)(F)F)c2Cl)ccc1CN[C@H]1C[C@](C)(O)C1. The Balaban J connectivity index is 1.03. The fourth-order valence-electron chi connectivity index (χ4n) is 8.47. The van der Waals surface area contributed by atoms with Crippen molar-refractivity contribution < 1.29 is 42.3 Å².